The number of aliphatic hydroxyl groups excluding tert-OH is 1. The van der Waals surface area contributed by atoms with Gasteiger partial charge in [-0.2, -0.15) is 13.2 Å². The van der Waals surface area contributed by atoms with Gasteiger partial charge in [-0.25, -0.2) is 4.68 Å². The number of nitrogens with zero attached hydrogens (tertiary/aromatic N) is 3. The van der Waals surface area contributed by atoms with Crippen LogP contribution in [0.1, 0.15) is 31.0 Å². The van der Waals surface area contributed by atoms with Gasteiger partial charge in [0, 0.05) is 26.6 Å². The van der Waals surface area contributed by atoms with Gasteiger partial charge in [-0.3, -0.25) is 0 Å². The van der Waals surface area contributed by atoms with Crippen LogP contribution in [0, 0.1) is 0 Å². The number of aromatic nitrogens is 3. The molecule has 1 fully saturated rings. The molecular formula is C20H28F3N5O3S. The fourth-order valence-electron chi connectivity index (χ4n) is 3.13. The van der Waals surface area contributed by atoms with Gasteiger partial charge in [-0.1, -0.05) is 35.5 Å². The van der Waals surface area contributed by atoms with Crippen LogP contribution in [-0.2, 0) is 16.9 Å². The van der Waals surface area contributed by atoms with Gasteiger partial charge in [-0.05, 0) is 31.1 Å². The fraction of sp³-hybridized carbons (Fsp3) is 0.550. The van der Waals surface area contributed by atoms with Gasteiger partial charge in [0.1, 0.15) is 5.69 Å². The zero-order valence-electron chi connectivity index (χ0n) is 17.8. The van der Waals surface area contributed by atoms with E-state index in [1.54, 1.807) is 13.1 Å². The van der Waals surface area contributed by atoms with Crippen LogP contribution in [0.5, 0.6) is 0 Å². The summed E-state index contributed by atoms with van der Waals surface area (Å²) in [5.41, 5.74) is -4.19. The smallest absolute Gasteiger partial charge is 0.393 e. The van der Waals surface area contributed by atoms with Crippen molar-refractivity contribution in [3.8, 4) is 0 Å². The molecule has 3 rings (SSSR count). The van der Waals surface area contributed by atoms with E-state index in [2.05, 4.69) is 20.9 Å². The molecule has 32 heavy (non-hydrogen) atoms. The highest BCUT2D eigenvalue weighted by Crippen LogP contribution is 2.43. The number of ether oxygens (including phenoxy) is 1. The van der Waals surface area contributed by atoms with Crippen molar-refractivity contribution in [3.05, 3.63) is 47.8 Å². The van der Waals surface area contributed by atoms with Crippen LogP contribution in [0.15, 0.2) is 36.5 Å². The van der Waals surface area contributed by atoms with Crippen molar-refractivity contribution in [3.63, 3.8) is 0 Å². The molecule has 0 amide bonds. The first-order chi connectivity index (χ1) is 15.1. The lowest BCUT2D eigenvalue weighted by Crippen LogP contribution is -2.43. The molecule has 178 valence electrons. The number of aliphatic hydroxyl groups is 2. The van der Waals surface area contributed by atoms with Crippen LogP contribution >= 0.6 is 12.2 Å². The number of thiocarbonyl (C=S) groups is 1. The Labute approximate surface area is 189 Å². The minimum absolute atomic E-state index is 0.146. The SMILES string of the molecule is CCNC(=S)NC.OC1CCOC(Cn2cc(C(O)(c3ccccc3)C(F)(F)F)nn2)C1. The number of rotatable bonds is 5. The van der Waals surface area contributed by atoms with Crippen molar-refractivity contribution in [2.24, 2.45) is 0 Å². The van der Waals surface area contributed by atoms with Crippen LogP contribution in [0.25, 0.3) is 0 Å². The molecule has 1 aliphatic heterocycles. The lowest BCUT2D eigenvalue weighted by molar-refractivity contribution is -0.249. The third kappa shape index (κ3) is 6.61. The molecular weight excluding hydrogens is 447 g/mol. The molecule has 3 unspecified atom stereocenters. The zero-order chi connectivity index (χ0) is 23.8. The van der Waals surface area contributed by atoms with Gasteiger partial charge < -0.3 is 25.6 Å². The number of benzene rings is 1. The van der Waals surface area contributed by atoms with Crippen LogP contribution in [0.4, 0.5) is 13.2 Å². The minimum Gasteiger partial charge on any atom is -0.393 e. The minimum atomic E-state index is -4.97. The van der Waals surface area contributed by atoms with Crippen molar-refractivity contribution in [2.45, 2.75) is 50.3 Å². The number of nitrogens with one attached hydrogen (secondary N) is 2. The molecule has 8 nitrogen and oxygen atoms in total. The van der Waals surface area contributed by atoms with Crippen LogP contribution < -0.4 is 10.6 Å². The highest BCUT2D eigenvalue weighted by atomic mass is 32.1. The molecule has 2 aromatic rings. The second kappa shape index (κ2) is 11.5. The average Bonchev–Trinajstić information content (AvgIpc) is 3.22. The number of hydrogen-bond donors (Lipinski definition) is 4. The Morgan fingerprint density at radius 3 is 2.53 bits per heavy atom. The zero-order valence-corrected chi connectivity index (χ0v) is 18.7. The largest absolute Gasteiger partial charge is 0.427 e. The Morgan fingerprint density at radius 2 is 2.00 bits per heavy atom. The first kappa shape index (κ1) is 26.0. The van der Waals surface area contributed by atoms with E-state index in [0.717, 1.165) is 12.7 Å². The summed E-state index contributed by atoms with van der Waals surface area (Å²) in [4.78, 5) is 0. The summed E-state index contributed by atoms with van der Waals surface area (Å²) in [5, 5.41) is 33.7. The van der Waals surface area contributed by atoms with Crippen molar-refractivity contribution in [1.82, 2.24) is 25.6 Å². The highest BCUT2D eigenvalue weighted by Gasteiger charge is 2.58. The van der Waals surface area contributed by atoms with Gasteiger partial charge in [0.05, 0.1) is 24.9 Å². The lowest BCUT2D eigenvalue weighted by atomic mass is 9.90. The van der Waals surface area contributed by atoms with Gasteiger partial charge in [0.15, 0.2) is 5.11 Å². The van der Waals surface area contributed by atoms with Crippen molar-refractivity contribution < 1.29 is 28.1 Å². The molecule has 2 heterocycles. The summed E-state index contributed by atoms with van der Waals surface area (Å²) in [7, 11) is 1.80. The Kier molecular flexibility index (Phi) is 9.37. The first-order valence-electron chi connectivity index (χ1n) is 10.1. The monoisotopic (exact) mass is 475 g/mol. The average molecular weight is 476 g/mol. The van der Waals surface area contributed by atoms with E-state index in [4.69, 9.17) is 17.0 Å². The van der Waals surface area contributed by atoms with Gasteiger partial charge in [0.25, 0.3) is 0 Å². The summed E-state index contributed by atoms with van der Waals surface area (Å²) in [6.07, 6.45) is -3.87. The molecule has 0 saturated carbocycles. The molecule has 0 aliphatic carbocycles. The number of alkyl halides is 3. The summed E-state index contributed by atoms with van der Waals surface area (Å²) >= 11 is 4.73. The van der Waals surface area contributed by atoms with E-state index in [0.29, 0.717) is 24.6 Å². The van der Waals surface area contributed by atoms with E-state index in [-0.39, 0.29) is 18.2 Å². The predicted octanol–water partition coefficient (Wildman–Crippen LogP) is 1.72. The van der Waals surface area contributed by atoms with Crippen LogP contribution in [0.2, 0.25) is 0 Å². The molecule has 1 aromatic heterocycles. The fourth-order valence-corrected chi connectivity index (χ4v) is 3.28. The maximum atomic E-state index is 13.6. The van der Waals surface area contributed by atoms with Gasteiger partial charge in [0.2, 0.25) is 5.60 Å². The van der Waals surface area contributed by atoms with Crippen molar-refractivity contribution >= 4 is 17.3 Å². The third-order valence-electron chi connectivity index (χ3n) is 4.81. The van der Waals surface area contributed by atoms with Crippen LogP contribution in [0.3, 0.4) is 0 Å². The first-order valence-corrected chi connectivity index (χ1v) is 10.5. The van der Waals surface area contributed by atoms with Crippen LogP contribution in [-0.4, -0.2) is 68.9 Å². The van der Waals surface area contributed by atoms with Crippen molar-refractivity contribution in [1.29, 1.82) is 0 Å². The van der Waals surface area contributed by atoms with E-state index in [1.807, 2.05) is 6.92 Å². The summed E-state index contributed by atoms with van der Waals surface area (Å²) < 4.78 is 47.5. The van der Waals surface area contributed by atoms with E-state index in [9.17, 15) is 23.4 Å². The second-order valence-corrected chi connectivity index (χ2v) is 7.59. The summed E-state index contributed by atoms with van der Waals surface area (Å²) in [5.74, 6) is 0. The molecule has 0 bridgehead atoms. The van der Waals surface area contributed by atoms with Gasteiger partial charge >= 0.3 is 6.18 Å². The van der Waals surface area contributed by atoms with E-state index < -0.39 is 23.6 Å². The molecule has 1 saturated heterocycles. The molecule has 4 N–H and O–H groups in total. The predicted molar refractivity (Wildman–Crippen MR) is 116 cm³/mol. The van der Waals surface area contributed by atoms with Crippen molar-refractivity contribution in [2.75, 3.05) is 20.2 Å². The Morgan fingerprint density at radius 1 is 1.31 bits per heavy atom. The van der Waals surface area contributed by atoms with E-state index >= 15 is 0 Å². The second-order valence-electron chi connectivity index (χ2n) is 7.18. The Hall–Kier alpha value is -2.28. The van der Waals surface area contributed by atoms with Gasteiger partial charge in [-0.15, -0.1) is 5.10 Å². The standard InChI is InChI=1S/C16H18F3N3O3.C4H10N2S/c17-16(18,19)15(24,11-4-2-1-3-5-11)14-10-22(21-20-14)9-13-8-12(23)6-7-25-13;1-3-6-4(7)5-2/h1-5,10,12-13,23-24H,6-9H2;3H2,1-2H3,(H2,5,6,7). The lowest BCUT2D eigenvalue weighted by Gasteiger charge is -2.29. The maximum absolute atomic E-state index is 13.6. The Balaban J connectivity index is 0.000000451. The summed E-state index contributed by atoms with van der Waals surface area (Å²) in [6.45, 7) is 3.42. The highest BCUT2D eigenvalue weighted by molar-refractivity contribution is 7.80. The Bertz CT molecular complexity index is 853. The maximum Gasteiger partial charge on any atom is 0.427 e. The topological polar surface area (TPSA) is 104 Å². The molecule has 12 heteroatoms. The molecule has 0 spiro atoms. The molecule has 1 aromatic carbocycles. The molecule has 1 aliphatic rings. The third-order valence-corrected chi connectivity index (χ3v) is 5.15. The van der Waals surface area contributed by atoms with E-state index in [1.165, 1.54) is 28.9 Å². The number of halogens is 3. The molecule has 0 radical (unpaired) electrons. The molecule has 3 atom stereocenters. The normalized spacial score (nSPS) is 20.5. The number of hydrogen-bond acceptors (Lipinski definition) is 6. The quantitative estimate of drug-likeness (QED) is 0.485. The summed E-state index contributed by atoms with van der Waals surface area (Å²) in [6, 6.07) is 6.75.